The maximum absolute atomic E-state index is 12.7. The molecule has 4 heterocycles. The SMILES string of the molecule is Cc1nc(Nc2cccc(C3CN(CC(=O)N4CCC(C)CC4)CCO3)n2)sc1C. The van der Waals surface area contributed by atoms with Crippen molar-refractivity contribution in [1.82, 2.24) is 19.8 Å². The predicted molar refractivity (Wildman–Crippen MR) is 119 cm³/mol. The molecular weight excluding hydrogens is 398 g/mol. The summed E-state index contributed by atoms with van der Waals surface area (Å²) in [4.78, 5) is 27.4. The molecule has 162 valence electrons. The van der Waals surface area contributed by atoms with E-state index in [1.165, 1.54) is 4.88 Å². The van der Waals surface area contributed by atoms with E-state index in [2.05, 4.69) is 29.0 Å². The zero-order chi connectivity index (χ0) is 21.1. The zero-order valence-corrected chi connectivity index (χ0v) is 18.9. The fourth-order valence-corrected chi connectivity index (χ4v) is 4.73. The minimum absolute atomic E-state index is 0.130. The van der Waals surface area contributed by atoms with Crippen LogP contribution < -0.4 is 5.32 Å². The van der Waals surface area contributed by atoms with Crippen molar-refractivity contribution in [3.05, 3.63) is 34.5 Å². The number of amides is 1. The van der Waals surface area contributed by atoms with Crippen molar-refractivity contribution in [3.8, 4) is 0 Å². The molecule has 1 atom stereocenters. The van der Waals surface area contributed by atoms with Crippen LogP contribution in [0.15, 0.2) is 18.2 Å². The number of carbonyl (C=O) groups excluding carboxylic acids is 1. The summed E-state index contributed by atoms with van der Waals surface area (Å²) < 4.78 is 5.99. The number of morpholine rings is 1. The van der Waals surface area contributed by atoms with Crippen molar-refractivity contribution < 1.29 is 9.53 Å². The summed E-state index contributed by atoms with van der Waals surface area (Å²) in [6, 6.07) is 5.92. The number of likely N-dealkylation sites (tertiary alicyclic amines) is 1. The van der Waals surface area contributed by atoms with Crippen LogP contribution in [0.4, 0.5) is 10.9 Å². The molecule has 7 nitrogen and oxygen atoms in total. The molecule has 1 amide bonds. The molecule has 2 fully saturated rings. The molecule has 4 rings (SSSR count). The lowest BCUT2D eigenvalue weighted by molar-refractivity contribution is -0.135. The maximum Gasteiger partial charge on any atom is 0.236 e. The molecule has 2 aliphatic rings. The number of ether oxygens (including phenoxy) is 1. The number of nitrogens with zero attached hydrogens (tertiary/aromatic N) is 4. The summed E-state index contributed by atoms with van der Waals surface area (Å²) in [6.07, 6.45) is 2.09. The molecule has 0 radical (unpaired) electrons. The number of hydrogen-bond acceptors (Lipinski definition) is 7. The van der Waals surface area contributed by atoms with E-state index in [0.717, 1.165) is 60.7 Å². The van der Waals surface area contributed by atoms with Gasteiger partial charge in [-0.1, -0.05) is 13.0 Å². The number of thiazole rings is 1. The van der Waals surface area contributed by atoms with Gasteiger partial charge >= 0.3 is 0 Å². The second-order valence-electron chi connectivity index (χ2n) is 8.39. The number of carbonyl (C=O) groups is 1. The molecule has 2 saturated heterocycles. The highest BCUT2D eigenvalue weighted by Crippen LogP contribution is 2.26. The van der Waals surface area contributed by atoms with Gasteiger partial charge in [-0.15, -0.1) is 11.3 Å². The monoisotopic (exact) mass is 429 g/mol. The molecule has 1 unspecified atom stereocenters. The second kappa shape index (κ2) is 9.41. The van der Waals surface area contributed by atoms with Crippen LogP contribution in [0.5, 0.6) is 0 Å². The number of aryl methyl sites for hydroxylation is 2. The summed E-state index contributed by atoms with van der Waals surface area (Å²) in [7, 11) is 0. The van der Waals surface area contributed by atoms with Gasteiger partial charge in [-0.3, -0.25) is 9.69 Å². The first kappa shape index (κ1) is 21.2. The third-order valence-corrected chi connectivity index (χ3v) is 7.00. The van der Waals surface area contributed by atoms with Crippen molar-refractivity contribution in [3.63, 3.8) is 0 Å². The molecule has 0 saturated carbocycles. The number of hydrogen-bond donors (Lipinski definition) is 1. The molecule has 2 aromatic heterocycles. The maximum atomic E-state index is 12.7. The lowest BCUT2D eigenvalue weighted by Gasteiger charge is -2.35. The predicted octanol–water partition coefficient (Wildman–Crippen LogP) is 3.53. The van der Waals surface area contributed by atoms with Gasteiger partial charge in [-0.25, -0.2) is 9.97 Å². The molecule has 0 aliphatic carbocycles. The minimum atomic E-state index is -0.130. The van der Waals surface area contributed by atoms with E-state index >= 15 is 0 Å². The number of pyridine rings is 1. The van der Waals surface area contributed by atoms with Crippen LogP contribution >= 0.6 is 11.3 Å². The first-order chi connectivity index (χ1) is 14.5. The van der Waals surface area contributed by atoms with Gasteiger partial charge in [0.2, 0.25) is 5.91 Å². The molecule has 1 N–H and O–H groups in total. The zero-order valence-electron chi connectivity index (χ0n) is 18.1. The fraction of sp³-hybridized carbons (Fsp3) is 0.591. The van der Waals surface area contributed by atoms with E-state index < -0.39 is 0 Å². The highest BCUT2D eigenvalue weighted by molar-refractivity contribution is 7.15. The Morgan fingerprint density at radius 2 is 2.03 bits per heavy atom. The highest BCUT2D eigenvalue weighted by atomic mass is 32.1. The largest absolute Gasteiger partial charge is 0.369 e. The van der Waals surface area contributed by atoms with Gasteiger partial charge in [0.05, 0.1) is 24.5 Å². The average molecular weight is 430 g/mol. The van der Waals surface area contributed by atoms with Gasteiger partial charge in [-0.05, 0) is 44.7 Å². The van der Waals surface area contributed by atoms with Crippen LogP contribution in [0, 0.1) is 19.8 Å². The Balaban J connectivity index is 1.36. The Labute approximate surface area is 182 Å². The first-order valence-corrected chi connectivity index (χ1v) is 11.6. The van der Waals surface area contributed by atoms with Crippen molar-refractivity contribution in [1.29, 1.82) is 0 Å². The Bertz CT molecular complexity index is 859. The molecule has 30 heavy (non-hydrogen) atoms. The summed E-state index contributed by atoms with van der Waals surface area (Å²) in [5.41, 5.74) is 1.92. The van der Waals surface area contributed by atoms with Gasteiger partial charge in [0.1, 0.15) is 11.9 Å². The van der Waals surface area contributed by atoms with E-state index in [4.69, 9.17) is 9.72 Å². The van der Waals surface area contributed by atoms with E-state index in [1.807, 2.05) is 30.0 Å². The third-order valence-electron chi connectivity index (χ3n) is 6.01. The van der Waals surface area contributed by atoms with Gasteiger partial charge in [0, 0.05) is 31.1 Å². The van der Waals surface area contributed by atoms with Crippen molar-refractivity contribution >= 4 is 28.2 Å². The number of aromatic nitrogens is 2. The third kappa shape index (κ3) is 5.17. The van der Waals surface area contributed by atoms with E-state index in [1.54, 1.807) is 11.3 Å². The summed E-state index contributed by atoms with van der Waals surface area (Å²) >= 11 is 1.63. The van der Waals surface area contributed by atoms with Crippen molar-refractivity contribution in [2.45, 2.75) is 39.7 Å². The number of anilines is 2. The van der Waals surface area contributed by atoms with Crippen LogP contribution in [0.1, 0.15) is 42.1 Å². The van der Waals surface area contributed by atoms with Crippen LogP contribution in [-0.4, -0.2) is 65.0 Å². The fourth-order valence-electron chi connectivity index (χ4n) is 3.91. The average Bonchev–Trinajstić information content (AvgIpc) is 3.05. The smallest absolute Gasteiger partial charge is 0.236 e. The Hall–Kier alpha value is -2.03. The Morgan fingerprint density at radius 3 is 2.77 bits per heavy atom. The van der Waals surface area contributed by atoms with E-state index in [0.29, 0.717) is 19.7 Å². The lowest BCUT2D eigenvalue weighted by atomic mass is 9.99. The van der Waals surface area contributed by atoms with Gasteiger partial charge in [0.15, 0.2) is 5.13 Å². The second-order valence-corrected chi connectivity index (χ2v) is 9.59. The minimum Gasteiger partial charge on any atom is -0.369 e. The van der Waals surface area contributed by atoms with Crippen LogP contribution in [-0.2, 0) is 9.53 Å². The van der Waals surface area contributed by atoms with E-state index in [-0.39, 0.29) is 12.0 Å². The molecule has 2 aliphatic heterocycles. The highest BCUT2D eigenvalue weighted by Gasteiger charge is 2.27. The Kier molecular flexibility index (Phi) is 6.65. The summed E-state index contributed by atoms with van der Waals surface area (Å²) in [5, 5.41) is 4.15. The normalized spacial score (nSPS) is 21.0. The quantitative estimate of drug-likeness (QED) is 0.784. The molecular formula is C22H31N5O2S. The van der Waals surface area contributed by atoms with Crippen molar-refractivity contribution in [2.75, 3.05) is 44.6 Å². The van der Waals surface area contributed by atoms with Crippen LogP contribution in [0.25, 0.3) is 0 Å². The van der Waals surface area contributed by atoms with Crippen molar-refractivity contribution in [2.24, 2.45) is 5.92 Å². The molecule has 0 spiro atoms. The molecule has 8 heteroatoms. The van der Waals surface area contributed by atoms with Crippen LogP contribution in [0.3, 0.4) is 0 Å². The summed E-state index contributed by atoms with van der Waals surface area (Å²) in [5.74, 6) is 1.73. The molecule has 0 bridgehead atoms. The number of nitrogens with one attached hydrogen (secondary N) is 1. The topological polar surface area (TPSA) is 70.6 Å². The molecule has 2 aromatic rings. The Morgan fingerprint density at radius 1 is 1.23 bits per heavy atom. The lowest BCUT2D eigenvalue weighted by Crippen LogP contribution is -2.47. The van der Waals surface area contributed by atoms with Crippen LogP contribution in [0.2, 0.25) is 0 Å². The summed E-state index contributed by atoms with van der Waals surface area (Å²) in [6.45, 7) is 10.7. The van der Waals surface area contributed by atoms with Gasteiger partial charge in [-0.2, -0.15) is 0 Å². The molecule has 0 aromatic carbocycles. The van der Waals surface area contributed by atoms with E-state index in [9.17, 15) is 4.79 Å². The standard InChI is InChI=1S/C22H31N5O2S/c1-15-7-9-27(10-8-15)21(28)14-26-11-12-29-19(13-26)18-5-4-6-20(24-18)25-22-23-16(2)17(3)30-22/h4-6,15,19H,7-14H2,1-3H3,(H,23,24,25). The first-order valence-electron chi connectivity index (χ1n) is 10.8. The van der Waals surface area contributed by atoms with Gasteiger partial charge in [0.25, 0.3) is 0 Å². The van der Waals surface area contributed by atoms with Gasteiger partial charge < -0.3 is 15.0 Å². The number of piperidine rings is 1. The number of rotatable bonds is 5.